The number of nitrogens with one attached hydrogen (secondary N) is 4. The number of ether oxygens (including phenoxy) is 1. The van der Waals surface area contributed by atoms with Gasteiger partial charge in [-0.05, 0) is 38.8 Å². The highest BCUT2D eigenvalue weighted by atomic mass is 32.1. The smallest absolute Gasteiger partial charge is 0.272 e. The Bertz CT molecular complexity index is 1410. The van der Waals surface area contributed by atoms with Crippen molar-refractivity contribution in [3.8, 4) is 16.3 Å². The monoisotopic (exact) mass is 539 g/mol. The van der Waals surface area contributed by atoms with E-state index < -0.39 is 11.1 Å². The molecule has 1 fully saturated rings. The molecular weight excluding hydrogens is 515 g/mol. The molecule has 15 heteroatoms. The highest BCUT2D eigenvalue weighted by Gasteiger charge is 2.30. The summed E-state index contributed by atoms with van der Waals surface area (Å²) in [6.07, 6.45) is 3.11. The van der Waals surface area contributed by atoms with E-state index in [0.717, 1.165) is 12.8 Å². The van der Waals surface area contributed by atoms with E-state index >= 15 is 0 Å². The minimum atomic E-state index is -2.00. The summed E-state index contributed by atoms with van der Waals surface area (Å²) in [4.78, 5) is 42.4. The standard InChI is InChI=1S/C24H24B3N7O4S/c1-11(2)29-21(36)16-10-28-23(39-16)13-5-4-6-14(19(13)38-3)30-15-9-17(31-20(35)12-7-8-12)33-34-18(15)22(37)32-24(25,26)27/h4-6,9-12H,7-8H2,1-3H3,(H,29,36)(H,32,37)(H2,30,31,33,35). The van der Waals surface area contributed by atoms with Crippen LogP contribution in [-0.2, 0) is 4.79 Å². The molecule has 0 spiro atoms. The summed E-state index contributed by atoms with van der Waals surface area (Å²) in [6.45, 7) is 3.75. The topological polar surface area (TPSA) is 147 Å². The fourth-order valence-electron chi connectivity index (χ4n) is 3.55. The second-order valence-corrected chi connectivity index (χ2v) is 10.3. The zero-order chi connectivity index (χ0) is 28.3. The van der Waals surface area contributed by atoms with Crippen LogP contribution in [0.1, 0.15) is 46.8 Å². The molecule has 1 aliphatic rings. The zero-order valence-corrected chi connectivity index (χ0v) is 22.4. The Kier molecular flexibility index (Phi) is 8.29. The summed E-state index contributed by atoms with van der Waals surface area (Å²) in [5, 5.41) is 17.4. The van der Waals surface area contributed by atoms with Gasteiger partial charge in [0.15, 0.2) is 17.3 Å². The third kappa shape index (κ3) is 7.17. The highest BCUT2D eigenvalue weighted by Crippen LogP contribution is 2.40. The summed E-state index contributed by atoms with van der Waals surface area (Å²) in [6, 6.07) is 6.69. The maximum absolute atomic E-state index is 12.9. The van der Waals surface area contributed by atoms with E-state index in [2.05, 4.69) is 36.4 Å². The molecule has 0 unspecified atom stereocenters. The van der Waals surface area contributed by atoms with E-state index in [-0.39, 0.29) is 41.0 Å². The average molecular weight is 539 g/mol. The second-order valence-electron chi connectivity index (χ2n) is 9.31. The van der Waals surface area contributed by atoms with Crippen molar-refractivity contribution >= 4 is 69.8 Å². The highest BCUT2D eigenvalue weighted by molar-refractivity contribution is 7.17. The van der Waals surface area contributed by atoms with Crippen molar-refractivity contribution in [3.05, 3.63) is 41.0 Å². The Balaban J connectivity index is 1.69. The SMILES string of the molecule is [B]C([B])([B])NC(=O)c1nnc(NC(=O)C2CC2)cc1Nc1cccc(-c2ncc(C(=O)NC(C)C)s2)c1OC. The van der Waals surface area contributed by atoms with Crippen molar-refractivity contribution in [1.82, 2.24) is 25.8 Å². The Morgan fingerprint density at radius 1 is 1.10 bits per heavy atom. The average Bonchev–Trinajstić information content (AvgIpc) is 3.59. The third-order valence-electron chi connectivity index (χ3n) is 5.41. The van der Waals surface area contributed by atoms with Gasteiger partial charge >= 0.3 is 0 Å². The van der Waals surface area contributed by atoms with Gasteiger partial charge in [0.05, 0.1) is 53.8 Å². The fourth-order valence-corrected chi connectivity index (χ4v) is 4.39. The molecule has 39 heavy (non-hydrogen) atoms. The molecule has 1 saturated carbocycles. The van der Waals surface area contributed by atoms with Gasteiger partial charge in [-0.25, -0.2) is 4.98 Å². The molecule has 4 rings (SSSR count). The lowest BCUT2D eigenvalue weighted by atomic mass is 9.49. The molecule has 3 aromatic rings. The molecule has 11 nitrogen and oxygen atoms in total. The van der Waals surface area contributed by atoms with Crippen molar-refractivity contribution in [2.45, 2.75) is 38.0 Å². The van der Waals surface area contributed by atoms with Gasteiger partial charge in [0, 0.05) is 18.0 Å². The number of hydrogen-bond donors (Lipinski definition) is 4. The Labute approximate surface area is 233 Å². The van der Waals surface area contributed by atoms with E-state index in [1.165, 1.54) is 30.7 Å². The van der Waals surface area contributed by atoms with Crippen LogP contribution in [0.2, 0.25) is 0 Å². The number of aromatic nitrogens is 3. The number of amides is 3. The van der Waals surface area contributed by atoms with Gasteiger partial charge in [0.1, 0.15) is 9.88 Å². The minimum absolute atomic E-state index is 0.0209. The van der Waals surface area contributed by atoms with Gasteiger partial charge in [-0.3, -0.25) is 14.4 Å². The number of anilines is 3. The molecule has 2 aromatic heterocycles. The molecule has 1 aromatic carbocycles. The molecule has 0 bridgehead atoms. The quantitative estimate of drug-likeness (QED) is 0.285. The Morgan fingerprint density at radius 3 is 2.49 bits per heavy atom. The van der Waals surface area contributed by atoms with Gasteiger partial charge in [-0.2, -0.15) is 0 Å². The number of thiazole rings is 1. The molecule has 3 amide bonds. The first-order valence-corrected chi connectivity index (χ1v) is 12.9. The van der Waals surface area contributed by atoms with Gasteiger partial charge in [-0.15, -0.1) is 21.5 Å². The number of para-hydroxylation sites is 1. The third-order valence-corrected chi connectivity index (χ3v) is 6.44. The lowest BCUT2D eigenvalue weighted by Crippen LogP contribution is -2.50. The number of rotatable bonds is 10. The molecular formula is C24H24B3N7O4S. The Morgan fingerprint density at radius 2 is 1.85 bits per heavy atom. The van der Waals surface area contributed by atoms with Crippen LogP contribution in [0.15, 0.2) is 30.5 Å². The fraction of sp³-hybridized carbons (Fsp3) is 0.333. The van der Waals surface area contributed by atoms with Crippen molar-refractivity contribution in [2.75, 3.05) is 17.7 Å². The molecule has 0 saturated heterocycles. The molecule has 194 valence electrons. The van der Waals surface area contributed by atoms with Crippen LogP contribution in [0.4, 0.5) is 17.2 Å². The summed E-state index contributed by atoms with van der Waals surface area (Å²) < 4.78 is 5.69. The van der Waals surface area contributed by atoms with Gasteiger partial charge in [-0.1, -0.05) is 11.3 Å². The number of methoxy groups -OCH3 is 1. The van der Waals surface area contributed by atoms with Crippen LogP contribution < -0.4 is 26.0 Å². The Hall–Kier alpha value is -3.87. The predicted molar refractivity (Wildman–Crippen MR) is 151 cm³/mol. The summed E-state index contributed by atoms with van der Waals surface area (Å²) in [5.74, 6) is -0.744. The van der Waals surface area contributed by atoms with Crippen LogP contribution in [-0.4, -0.2) is 74.8 Å². The van der Waals surface area contributed by atoms with Crippen molar-refractivity contribution in [2.24, 2.45) is 5.92 Å². The predicted octanol–water partition coefficient (Wildman–Crippen LogP) is 1.69. The lowest BCUT2D eigenvalue weighted by Gasteiger charge is -2.23. The molecule has 4 N–H and O–H groups in total. The number of benzene rings is 1. The van der Waals surface area contributed by atoms with Crippen LogP contribution in [0.3, 0.4) is 0 Å². The van der Waals surface area contributed by atoms with E-state index in [1.807, 2.05) is 13.8 Å². The second kappa shape index (κ2) is 11.5. The largest absolute Gasteiger partial charge is 0.494 e. The summed E-state index contributed by atoms with van der Waals surface area (Å²) in [5.41, 5.74) is 1.04. The lowest BCUT2D eigenvalue weighted by molar-refractivity contribution is -0.117. The van der Waals surface area contributed by atoms with Crippen LogP contribution in [0, 0.1) is 5.92 Å². The van der Waals surface area contributed by atoms with Gasteiger partial charge in [0.25, 0.3) is 11.8 Å². The molecule has 6 radical (unpaired) electrons. The first kappa shape index (κ1) is 28.2. The van der Waals surface area contributed by atoms with Gasteiger partial charge < -0.3 is 26.0 Å². The van der Waals surface area contributed by atoms with E-state index in [9.17, 15) is 14.4 Å². The van der Waals surface area contributed by atoms with E-state index in [1.54, 1.807) is 18.2 Å². The van der Waals surface area contributed by atoms with Gasteiger partial charge in [0.2, 0.25) is 5.91 Å². The molecule has 2 heterocycles. The van der Waals surface area contributed by atoms with Crippen LogP contribution in [0.5, 0.6) is 5.75 Å². The maximum Gasteiger partial charge on any atom is 0.272 e. The van der Waals surface area contributed by atoms with Crippen molar-refractivity contribution < 1.29 is 19.1 Å². The minimum Gasteiger partial charge on any atom is -0.494 e. The van der Waals surface area contributed by atoms with Crippen molar-refractivity contribution in [1.29, 1.82) is 0 Å². The zero-order valence-electron chi connectivity index (χ0n) is 21.6. The summed E-state index contributed by atoms with van der Waals surface area (Å²) >= 11 is 1.21. The maximum atomic E-state index is 12.9. The molecule has 0 aliphatic heterocycles. The molecule has 1 aliphatic carbocycles. The number of carbonyl (C=O) groups excluding carboxylic acids is 3. The first-order chi connectivity index (χ1) is 18.4. The van der Waals surface area contributed by atoms with E-state index in [0.29, 0.717) is 26.9 Å². The number of hydrogen-bond acceptors (Lipinski definition) is 9. The normalized spacial score (nSPS) is 13.0. The summed E-state index contributed by atoms with van der Waals surface area (Å²) in [7, 11) is 18.1. The molecule has 0 atom stereocenters. The first-order valence-electron chi connectivity index (χ1n) is 12.0. The number of carbonyl (C=O) groups is 3. The van der Waals surface area contributed by atoms with Crippen LogP contribution >= 0.6 is 11.3 Å². The van der Waals surface area contributed by atoms with E-state index in [4.69, 9.17) is 28.3 Å². The van der Waals surface area contributed by atoms with Crippen LogP contribution in [0.25, 0.3) is 10.6 Å². The number of nitrogens with zero attached hydrogens (tertiary/aromatic N) is 3. The van der Waals surface area contributed by atoms with Crippen molar-refractivity contribution in [3.63, 3.8) is 0 Å².